The molecule has 0 atom stereocenters. The minimum atomic E-state index is -4.47. The Bertz CT molecular complexity index is 490. The van der Waals surface area contributed by atoms with Crippen LogP contribution in [0.2, 0.25) is 0 Å². The molecule has 1 aliphatic heterocycles. The fraction of sp³-hybridized carbons (Fsp3) is 0.417. The Hall–Kier alpha value is -1.96. The highest BCUT2D eigenvalue weighted by atomic mass is 19.4. The molecule has 5 nitrogen and oxygen atoms in total. The van der Waals surface area contributed by atoms with Gasteiger partial charge in [0.1, 0.15) is 0 Å². The van der Waals surface area contributed by atoms with Gasteiger partial charge in [0.2, 0.25) is 12.7 Å². The predicted octanol–water partition coefficient (Wildman–Crippen LogP) is 1.96. The number of aryl methyl sites for hydroxylation is 1. The van der Waals surface area contributed by atoms with Gasteiger partial charge in [-0.2, -0.15) is 13.2 Å². The summed E-state index contributed by atoms with van der Waals surface area (Å²) in [6, 6.07) is 5.21. The van der Waals surface area contributed by atoms with E-state index in [2.05, 4.69) is 4.84 Å². The van der Waals surface area contributed by atoms with Crippen LogP contribution < -0.4 is 15.0 Å². The van der Waals surface area contributed by atoms with Gasteiger partial charge in [-0.1, -0.05) is 6.07 Å². The van der Waals surface area contributed by atoms with Crippen LogP contribution in [0.4, 0.5) is 13.2 Å². The van der Waals surface area contributed by atoms with E-state index in [-0.39, 0.29) is 13.2 Å². The summed E-state index contributed by atoms with van der Waals surface area (Å²) in [5.74, 6) is 0.606. The van der Waals surface area contributed by atoms with Crippen LogP contribution in [0.1, 0.15) is 12.0 Å². The first kappa shape index (κ1) is 14.4. The molecule has 0 fully saturated rings. The summed E-state index contributed by atoms with van der Waals surface area (Å²) in [4.78, 5) is 15.3. The van der Waals surface area contributed by atoms with E-state index >= 15 is 0 Å². The fourth-order valence-corrected chi connectivity index (χ4v) is 1.60. The molecule has 0 unspecified atom stereocenters. The van der Waals surface area contributed by atoms with Crippen LogP contribution >= 0.6 is 0 Å². The maximum Gasteiger partial charge on any atom is 0.414 e. The molecule has 110 valence electrons. The SMILES string of the molecule is O=C(CCc1ccc2c(c1)OCO2)NOCC(F)(F)F. The molecule has 1 amide bonds. The smallest absolute Gasteiger partial charge is 0.414 e. The topological polar surface area (TPSA) is 56.8 Å². The number of benzene rings is 1. The van der Waals surface area contributed by atoms with Crippen molar-refractivity contribution in [2.45, 2.75) is 19.0 Å². The first-order valence-electron chi connectivity index (χ1n) is 5.80. The summed E-state index contributed by atoms with van der Waals surface area (Å²) in [5, 5.41) is 0. The maximum atomic E-state index is 11.8. The Balaban J connectivity index is 1.73. The molecule has 1 N–H and O–H groups in total. The molecule has 8 heteroatoms. The van der Waals surface area contributed by atoms with E-state index in [1.807, 2.05) is 0 Å². The number of hydrogen-bond donors (Lipinski definition) is 1. The van der Waals surface area contributed by atoms with Gasteiger partial charge in [-0.15, -0.1) is 0 Å². The molecule has 20 heavy (non-hydrogen) atoms. The maximum absolute atomic E-state index is 11.8. The number of nitrogens with one attached hydrogen (secondary N) is 1. The Morgan fingerprint density at radius 3 is 2.80 bits per heavy atom. The average Bonchev–Trinajstić information content (AvgIpc) is 2.82. The Kier molecular flexibility index (Phi) is 4.33. The second-order valence-corrected chi connectivity index (χ2v) is 4.12. The van der Waals surface area contributed by atoms with Gasteiger partial charge >= 0.3 is 6.18 Å². The number of hydroxylamine groups is 1. The van der Waals surface area contributed by atoms with E-state index in [9.17, 15) is 18.0 Å². The van der Waals surface area contributed by atoms with Gasteiger partial charge in [0.15, 0.2) is 18.1 Å². The van der Waals surface area contributed by atoms with Gasteiger partial charge < -0.3 is 9.47 Å². The Labute approximate surface area is 112 Å². The number of carbonyl (C=O) groups excluding carboxylic acids is 1. The minimum Gasteiger partial charge on any atom is -0.454 e. The lowest BCUT2D eigenvalue weighted by atomic mass is 10.1. The molecule has 0 saturated heterocycles. The minimum absolute atomic E-state index is 0.0114. The molecule has 1 aromatic carbocycles. The van der Waals surface area contributed by atoms with E-state index in [0.29, 0.717) is 17.9 Å². The highest BCUT2D eigenvalue weighted by Gasteiger charge is 2.28. The summed E-state index contributed by atoms with van der Waals surface area (Å²) in [6.45, 7) is -1.35. The predicted molar refractivity (Wildman–Crippen MR) is 61.0 cm³/mol. The van der Waals surface area contributed by atoms with Crippen molar-refractivity contribution in [1.29, 1.82) is 0 Å². The van der Waals surface area contributed by atoms with E-state index in [1.165, 1.54) is 0 Å². The van der Waals surface area contributed by atoms with E-state index in [0.717, 1.165) is 5.56 Å². The zero-order chi connectivity index (χ0) is 14.6. The van der Waals surface area contributed by atoms with E-state index in [4.69, 9.17) is 9.47 Å². The molecule has 0 bridgehead atoms. The third-order valence-corrected chi connectivity index (χ3v) is 2.50. The van der Waals surface area contributed by atoms with Crippen LogP contribution in [0, 0.1) is 0 Å². The van der Waals surface area contributed by atoms with Gasteiger partial charge in [-0.25, -0.2) is 5.48 Å². The number of rotatable bonds is 5. The average molecular weight is 291 g/mol. The molecule has 1 aliphatic rings. The number of amides is 1. The quantitative estimate of drug-likeness (QED) is 0.843. The normalized spacial score (nSPS) is 13.3. The summed E-state index contributed by atoms with van der Waals surface area (Å²) in [5.41, 5.74) is 2.57. The summed E-state index contributed by atoms with van der Waals surface area (Å²) >= 11 is 0. The summed E-state index contributed by atoms with van der Waals surface area (Å²) < 4.78 is 45.7. The van der Waals surface area contributed by atoms with Crippen molar-refractivity contribution in [3.63, 3.8) is 0 Å². The summed E-state index contributed by atoms with van der Waals surface area (Å²) in [6.07, 6.45) is -4.10. The number of alkyl halides is 3. The molecule has 0 spiro atoms. The lowest BCUT2D eigenvalue weighted by Crippen LogP contribution is -2.29. The first-order valence-corrected chi connectivity index (χ1v) is 5.80. The van der Waals surface area contributed by atoms with Gasteiger partial charge in [0, 0.05) is 6.42 Å². The number of halogens is 3. The zero-order valence-corrected chi connectivity index (χ0v) is 10.3. The van der Waals surface area contributed by atoms with Crippen molar-refractivity contribution in [3.05, 3.63) is 23.8 Å². The van der Waals surface area contributed by atoms with E-state index < -0.39 is 18.7 Å². The Morgan fingerprint density at radius 2 is 2.05 bits per heavy atom. The van der Waals surface area contributed by atoms with Crippen LogP contribution in [0.3, 0.4) is 0 Å². The monoisotopic (exact) mass is 291 g/mol. The molecule has 1 heterocycles. The lowest BCUT2D eigenvalue weighted by Gasteiger charge is -2.08. The molecule has 0 saturated carbocycles. The first-order chi connectivity index (χ1) is 9.44. The van der Waals surface area contributed by atoms with Crippen molar-refractivity contribution in [2.24, 2.45) is 0 Å². The zero-order valence-electron chi connectivity index (χ0n) is 10.3. The molecule has 2 rings (SSSR count). The van der Waals surface area contributed by atoms with Crippen LogP contribution in [0.5, 0.6) is 11.5 Å². The highest BCUT2D eigenvalue weighted by Crippen LogP contribution is 2.32. The molecular formula is C12H12F3NO4. The fourth-order valence-electron chi connectivity index (χ4n) is 1.60. The molecule has 0 radical (unpaired) electrons. The van der Waals surface area contributed by atoms with Crippen molar-refractivity contribution < 1.29 is 32.3 Å². The van der Waals surface area contributed by atoms with Crippen molar-refractivity contribution in [1.82, 2.24) is 5.48 Å². The van der Waals surface area contributed by atoms with Gasteiger partial charge in [0.25, 0.3) is 0 Å². The van der Waals surface area contributed by atoms with Crippen LogP contribution in [-0.2, 0) is 16.1 Å². The number of ether oxygens (including phenoxy) is 2. The molecular weight excluding hydrogens is 279 g/mol. The molecule has 0 aliphatic carbocycles. The van der Waals surface area contributed by atoms with Crippen molar-refractivity contribution in [2.75, 3.05) is 13.4 Å². The third kappa shape index (κ3) is 4.30. The number of fused-ring (bicyclic) bond motifs is 1. The van der Waals surface area contributed by atoms with Gasteiger partial charge in [-0.3, -0.25) is 9.63 Å². The Morgan fingerprint density at radius 1 is 1.30 bits per heavy atom. The largest absolute Gasteiger partial charge is 0.454 e. The van der Waals surface area contributed by atoms with Crippen molar-refractivity contribution in [3.8, 4) is 11.5 Å². The second kappa shape index (κ2) is 6.00. The van der Waals surface area contributed by atoms with Crippen LogP contribution in [0.25, 0.3) is 0 Å². The second-order valence-electron chi connectivity index (χ2n) is 4.12. The van der Waals surface area contributed by atoms with Crippen molar-refractivity contribution >= 4 is 5.91 Å². The van der Waals surface area contributed by atoms with E-state index in [1.54, 1.807) is 23.7 Å². The summed E-state index contributed by atoms with van der Waals surface area (Å²) in [7, 11) is 0. The van der Waals surface area contributed by atoms with Crippen LogP contribution in [-0.4, -0.2) is 25.5 Å². The molecule has 0 aromatic heterocycles. The van der Waals surface area contributed by atoms with Gasteiger partial charge in [-0.05, 0) is 24.1 Å². The lowest BCUT2D eigenvalue weighted by molar-refractivity contribution is -0.191. The highest BCUT2D eigenvalue weighted by molar-refractivity contribution is 5.75. The number of hydrogen-bond acceptors (Lipinski definition) is 4. The van der Waals surface area contributed by atoms with Gasteiger partial charge in [0.05, 0.1) is 0 Å². The number of carbonyl (C=O) groups is 1. The third-order valence-electron chi connectivity index (χ3n) is 2.50. The molecule has 1 aromatic rings. The standard InChI is InChI=1S/C12H12F3NO4/c13-12(14,15)6-20-16-11(17)4-2-8-1-3-9-10(5-8)19-7-18-9/h1,3,5H,2,4,6-7H2,(H,16,17). The van der Waals surface area contributed by atoms with Crippen LogP contribution in [0.15, 0.2) is 18.2 Å².